The third kappa shape index (κ3) is 6.58. The summed E-state index contributed by atoms with van der Waals surface area (Å²) in [5.41, 5.74) is 0. The van der Waals surface area contributed by atoms with Crippen LogP contribution in [-0.4, -0.2) is 43.6 Å². The second-order valence-electron chi connectivity index (χ2n) is 6.00. The molecule has 0 amide bonds. The van der Waals surface area contributed by atoms with Crippen LogP contribution in [0.1, 0.15) is 44.5 Å². The molecule has 4 nitrogen and oxygen atoms in total. The molecule has 2 rings (SSSR count). The molecule has 2 heterocycles. The molecule has 0 spiro atoms. The minimum Gasteiger partial charge on any atom is -0.357 e. The number of halogens is 1. The van der Waals surface area contributed by atoms with Gasteiger partial charge in [-0.3, -0.25) is 9.89 Å². The van der Waals surface area contributed by atoms with Crippen molar-refractivity contribution in [1.82, 2.24) is 15.5 Å². The number of nitrogens with one attached hydrogen (secondary N) is 2. The van der Waals surface area contributed by atoms with Gasteiger partial charge in [0.1, 0.15) is 0 Å². The molecule has 0 aromatic carbocycles. The van der Waals surface area contributed by atoms with E-state index in [0.29, 0.717) is 6.04 Å². The first-order chi connectivity index (χ1) is 10.7. The minimum atomic E-state index is 0. The third-order valence-corrected chi connectivity index (χ3v) is 5.21. The number of aliphatic imine (C=N–C) groups is 1. The summed E-state index contributed by atoms with van der Waals surface area (Å²) < 4.78 is 0. The first-order valence-electron chi connectivity index (χ1n) is 8.54. The van der Waals surface area contributed by atoms with Gasteiger partial charge in [0.05, 0.1) is 12.6 Å². The highest BCUT2D eigenvalue weighted by Crippen LogP contribution is 2.29. The van der Waals surface area contributed by atoms with Crippen molar-refractivity contribution in [3.63, 3.8) is 0 Å². The summed E-state index contributed by atoms with van der Waals surface area (Å²) in [5, 5.41) is 8.81. The predicted molar refractivity (Wildman–Crippen MR) is 112 cm³/mol. The Hall–Kier alpha value is -0.340. The fourth-order valence-corrected chi connectivity index (χ4v) is 3.75. The molecule has 23 heavy (non-hydrogen) atoms. The van der Waals surface area contributed by atoms with Crippen LogP contribution >= 0.6 is 35.3 Å². The molecule has 2 N–H and O–H groups in total. The zero-order chi connectivity index (χ0) is 15.8. The van der Waals surface area contributed by atoms with Crippen LogP contribution in [0.4, 0.5) is 0 Å². The van der Waals surface area contributed by atoms with E-state index in [-0.39, 0.29) is 24.0 Å². The summed E-state index contributed by atoms with van der Waals surface area (Å²) in [7, 11) is 0. The molecule has 0 saturated carbocycles. The summed E-state index contributed by atoms with van der Waals surface area (Å²) in [5.74, 6) is 1.79. The molecule has 0 aliphatic carbocycles. The van der Waals surface area contributed by atoms with E-state index in [4.69, 9.17) is 4.99 Å². The maximum Gasteiger partial charge on any atom is 0.191 e. The SMILES string of the molecule is CCNC(=NCC(c1cccs1)N1CCC(C)CC1)NCC.I. The Morgan fingerprint density at radius 2 is 1.96 bits per heavy atom. The average molecular weight is 450 g/mol. The number of nitrogens with zero attached hydrogens (tertiary/aromatic N) is 2. The molecule has 1 aliphatic heterocycles. The number of piperidine rings is 1. The van der Waals surface area contributed by atoms with Gasteiger partial charge in [0.15, 0.2) is 5.96 Å². The summed E-state index contributed by atoms with van der Waals surface area (Å²) in [6.07, 6.45) is 2.61. The maximum absolute atomic E-state index is 4.81. The third-order valence-electron chi connectivity index (χ3n) is 4.24. The minimum absolute atomic E-state index is 0. The van der Waals surface area contributed by atoms with Crippen LogP contribution in [0, 0.1) is 5.92 Å². The van der Waals surface area contributed by atoms with Crippen LogP contribution in [0.15, 0.2) is 22.5 Å². The molecule has 1 aliphatic rings. The van der Waals surface area contributed by atoms with E-state index >= 15 is 0 Å². The standard InChI is InChI=1S/C17H30N4S.HI/c1-4-18-17(19-5-2)20-13-15(16-7-6-12-22-16)21-10-8-14(3)9-11-21;/h6-7,12,14-15H,4-5,8-11,13H2,1-3H3,(H2,18,19,20);1H. The highest BCUT2D eigenvalue weighted by atomic mass is 127. The molecule has 1 unspecified atom stereocenters. The largest absolute Gasteiger partial charge is 0.357 e. The highest BCUT2D eigenvalue weighted by Gasteiger charge is 2.25. The van der Waals surface area contributed by atoms with Crippen LogP contribution in [0.25, 0.3) is 0 Å². The zero-order valence-electron chi connectivity index (χ0n) is 14.5. The summed E-state index contributed by atoms with van der Waals surface area (Å²) in [6.45, 7) is 11.6. The predicted octanol–water partition coefficient (Wildman–Crippen LogP) is 3.71. The van der Waals surface area contributed by atoms with Gasteiger partial charge in [-0.25, -0.2) is 0 Å². The van der Waals surface area contributed by atoms with Gasteiger partial charge in [0.2, 0.25) is 0 Å². The first kappa shape index (κ1) is 20.7. The van der Waals surface area contributed by atoms with E-state index in [0.717, 1.165) is 31.5 Å². The van der Waals surface area contributed by atoms with Crippen LogP contribution in [-0.2, 0) is 0 Å². The van der Waals surface area contributed by atoms with E-state index in [1.54, 1.807) is 0 Å². The number of guanidine groups is 1. The second-order valence-corrected chi connectivity index (χ2v) is 6.98. The Kier molecular flexibility index (Phi) is 10.1. The van der Waals surface area contributed by atoms with Crippen LogP contribution < -0.4 is 10.6 Å². The Labute approximate surface area is 162 Å². The summed E-state index contributed by atoms with van der Waals surface area (Å²) >= 11 is 1.85. The molecule has 1 aromatic heterocycles. The van der Waals surface area contributed by atoms with Gasteiger partial charge >= 0.3 is 0 Å². The van der Waals surface area contributed by atoms with E-state index < -0.39 is 0 Å². The molecule has 1 atom stereocenters. The topological polar surface area (TPSA) is 39.7 Å². The lowest BCUT2D eigenvalue weighted by Gasteiger charge is -2.35. The van der Waals surface area contributed by atoms with Crippen LogP contribution in [0.3, 0.4) is 0 Å². The molecule has 1 fully saturated rings. The fraction of sp³-hybridized carbons (Fsp3) is 0.706. The molecule has 1 aromatic rings. The molecular weight excluding hydrogens is 419 g/mol. The molecule has 0 bridgehead atoms. The normalized spacial score (nSPS) is 17.2. The smallest absolute Gasteiger partial charge is 0.191 e. The number of thiophene rings is 1. The van der Waals surface area contributed by atoms with Crippen molar-refractivity contribution >= 4 is 41.3 Å². The molecule has 0 radical (unpaired) electrons. The monoisotopic (exact) mass is 450 g/mol. The quantitative estimate of drug-likeness (QED) is 0.394. The van der Waals surface area contributed by atoms with E-state index in [1.807, 2.05) is 11.3 Å². The Morgan fingerprint density at radius 1 is 1.30 bits per heavy atom. The van der Waals surface area contributed by atoms with Crippen LogP contribution in [0.2, 0.25) is 0 Å². The lowest BCUT2D eigenvalue weighted by molar-refractivity contribution is 0.143. The zero-order valence-corrected chi connectivity index (χ0v) is 17.7. The van der Waals surface area contributed by atoms with Gasteiger partial charge in [0, 0.05) is 18.0 Å². The number of hydrogen-bond donors (Lipinski definition) is 2. The van der Waals surface area contributed by atoms with Crippen molar-refractivity contribution in [3.8, 4) is 0 Å². The maximum atomic E-state index is 4.81. The van der Waals surface area contributed by atoms with E-state index in [2.05, 4.69) is 53.8 Å². The molecule has 132 valence electrons. The fourth-order valence-electron chi connectivity index (χ4n) is 2.89. The second kappa shape index (κ2) is 11.3. The van der Waals surface area contributed by atoms with Gasteiger partial charge in [-0.05, 0) is 57.1 Å². The Bertz CT molecular complexity index is 433. The van der Waals surface area contributed by atoms with Gasteiger partial charge in [-0.1, -0.05) is 13.0 Å². The lowest BCUT2D eigenvalue weighted by Crippen LogP contribution is -2.40. The highest BCUT2D eigenvalue weighted by molar-refractivity contribution is 14.0. The lowest BCUT2D eigenvalue weighted by atomic mass is 9.97. The number of likely N-dealkylation sites (tertiary alicyclic amines) is 1. The van der Waals surface area contributed by atoms with Crippen molar-refractivity contribution in [2.75, 3.05) is 32.7 Å². The first-order valence-corrected chi connectivity index (χ1v) is 9.42. The van der Waals surface area contributed by atoms with Crippen molar-refractivity contribution in [2.45, 2.75) is 39.7 Å². The van der Waals surface area contributed by atoms with Gasteiger partial charge in [-0.2, -0.15) is 0 Å². The van der Waals surface area contributed by atoms with Crippen molar-refractivity contribution in [1.29, 1.82) is 0 Å². The number of rotatable bonds is 6. The molecule has 6 heteroatoms. The van der Waals surface area contributed by atoms with E-state index in [9.17, 15) is 0 Å². The van der Waals surface area contributed by atoms with Crippen molar-refractivity contribution in [3.05, 3.63) is 22.4 Å². The number of hydrogen-bond acceptors (Lipinski definition) is 3. The van der Waals surface area contributed by atoms with Gasteiger partial charge in [0.25, 0.3) is 0 Å². The summed E-state index contributed by atoms with van der Waals surface area (Å²) in [6, 6.07) is 4.82. The van der Waals surface area contributed by atoms with E-state index in [1.165, 1.54) is 30.8 Å². The van der Waals surface area contributed by atoms with Crippen molar-refractivity contribution in [2.24, 2.45) is 10.9 Å². The molecular formula is C17H31IN4S. The van der Waals surface area contributed by atoms with Gasteiger partial charge in [-0.15, -0.1) is 35.3 Å². The Balaban J connectivity index is 0.00000264. The average Bonchev–Trinajstić information content (AvgIpc) is 3.04. The van der Waals surface area contributed by atoms with Crippen LogP contribution in [0.5, 0.6) is 0 Å². The molecule has 1 saturated heterocycles. The van der Waals surface area contributed by atoms with Gasteiger partial charge < -0.3 is 10.6 Å². The van der Waals surface area contributed by atoms with Crippen molar-refractivity contribution < 1.29 is 0 Å². The Morgan fingerprint density at radius 3 is 2.48 bits per heavy atom. The summed E-state index contributed by atoms with van der Waals surface area (Å²) in [4.78, 5) is 8.86.